The normalized spacial score (nSPS) is 11.6. The van der Waals surface area contributed by atoms with Gasteiger partial charge >= 0.3 is 0 Å². The van der Waals surface area contributed by atoms with Crippen LogP contribution >= 0.6 is 11.8 Å². The van der Waals surface area contributed by atoms with E-state index in [1.165, 1.54) is 0 Å². The van der Waals surface area contributed by atoms with Gasteiger partial charge in [0.25, 0.3) is 5.91 Å². The number of hydrogen-bond acceptors (Lipinski definition) is 4. The molecule has 2 aromatic rings. The van der Waals surface area contributed by atoms with Crippen molar-refractivity contribution in [3.05, 3.63) is 54.1 Å². The van der Waals surface area contributed by atoms with Gasteiger partial charge in [-0.05, 0) is 61.4 Å². The first-order valence-electron chi connectivity index (χ1n) is 11.1. The topological polar surface area (TPSA) is 66.5 Å². The molecule has 0 saturated heterocycles. The van der Waals surface area contributed by atoms with Crippen LogP contribution in [0.4, 0.5) is 5.69 Å². The van der Waals surface area contributed by atoms with Crippen molar-refractivity contribution in [2.75, 3.05) is 24.2 Å². The highest BCUT2D eigenvalue weighted by atomic mass is 32.2. The molecule has 1 amide bonds. The number of anilines is 1. The second kappa shape index (κ2) is 12.9. The number of sulfonamides is 1. The van der Waals surface area contributed by atoms with Gasteiger partial charge in [0, 0.05) is 23.7 Å². The van der Waals surface area contributed by atoms with Gasteiger partial charge in [0.2, 0.25) is 10.0 Å². The molecule has 0 atom stereocenters. The lowest BCUT2D eigenvalue weighted by Crippen LogP contribution is -2.33. The Hall–Kier alpha value is -1.83. The molecule has 31 heavy (non-hydrogen) atoms. The first-order chi connectivity index (χ1) is 14.9. The van der Waals surface area contributed by atoms with Gasteiger partial charge in [0.15, 0.2) is 0 Å². The van der Waals surface area contributed by atoms with E-state index in [4.69, 9.17) is 0 Å². The molecule has 1 N–H and O–H groups in total. The first-order valence-corrected chi connectivity index (χ1v) is 13.5. The predicted molar refractivity (Wildman–Crippen MR) is 130 cm³/mol. The van der Waals surface area contributed by atoms with Crippen LogP contribution in [0.25, 0.3) is 0 Å². The lowest BCUT2D eigenvalue weighted by Gasteiger charge is -2.22. The largest absolute Gasteiger partial charge is 0.322 e. The zero-order valence-corrected chi connectivity index (χ0v) is 20.4. The molecule has 0 unspecified atom stereocenters. The fourth-order valence-corrected chi connectivity index (χ4v) is 5.50. The molecule has 0 heterocycles. The van der Waals surface area contributed by atoms with E-state index in [-0.39, 0.29) is 10.8 Å². The highest BCUT2D eigenvalue weighted by Gasteiger charge is 2.23. The third kappa shape index (κ3) is 7.37. The third-order valence-electron chi connectivity index (χ3n) is 4.87. The Morgan fingerprint density at radius 1 is 0.903 bits per heavy atom. The zero-order chi connectivity index (χ0) is 22.7. The molecule has 0 aliphatic rings. The van der Waals surface area contributed by atoms with Crippen LogP contribution in [0.15, 0.2) is 58.3 Å². The summed E-state index contributed by atoms with van der Waals surface area (Å²) in [6, 6.07) is 14.0. The monoisotopic (exact) mass is 462 g/mol. The Labute approximate surface area is 191 Å². The molecule has 0 aromatic heterocycles. The highest BCUT2D eigenvalue weighted by Crippen LogP contribution is 2.25. The van der Waals surface area contributed by atoms with Crippen molar-refractivity contribution < 1.29 is 13.2 Å². The number of unbranched alkanes of at least 4 members (excludes halogenated alkanes) is 2. The summed E-state index contributed by atoms with van der Waals surface area (Å²) in [6.07, 6.45) is 4.60. The van der Waals surface area contributed by atoms with Crippen molar-refractivity contribution in [3.8, 4) is 0 Å². The second-order valence-electron chi connectivity index (χ2n) is 7.43. The van der Waals surface area contributed by atoms with Crippen LogP contribution in [-0.2, 0) is 10.0 Å². The second-order valence-corrected chi connectivity index (χ2v) is 10.5. The molecule has 5 nitrogen and oxygen atoms in total. The molecule has 2 rings (SSSR count). The minimum absolute atomic E-state index is 0.192. The fourth-order valence-electron chi connectivity index (χ4n) is 3.07. The summed E-state index contributed by atoms with van der Waals surface area (Å²) in [6.45, 7) is 7.28. The van der Waals surface area contributed by atoms with Crippen molar-refractivity contribution >= 4 is 33.4 Å². The third-order valence-corrected chi connectivity index (χ3v) is 8.06. The predicted octanol–water partition coefficient (Wildman–Crippen LogP) is 6.03. The van der Waals surface area contributed by atoms with E-state index in [2.05, 4.69) is 26.1 Å². The molecular formula is C24H34N2O3S2. The SMILES string of the molecule is CCCCN(CCCC)S(=O)(=O)c1ccc(NC(=O)c2ccccc2SCCC)cc1. The molecule has 2 aromatic carbocycles. The standard InChI is InChI=1S/C24H34N2O3S2/c1-4-7-17-26(18-8-5-2)31(28,29)21-15-13-20(14-16-21)25-24(27)22-11-9-10-12-23(22)30-19-6-3/h9-16H,4-8,17-19H2,1-3H3,(H,25,27). The molecule has 0 bridgehead atoms. The van der Waals surface area contributed by atoms with Gasteiger partial charge in [-0.1, -0.05) is 45.7 Å². The van der Waals surface area contributed by atoms with E-state index < -0.39 is 10.0 Å². The summed E-state index contributed by atoms with van der Waals surface area (Å²) in [7, 11) is -3.54. The van der Waals surface area contributed by atoms with Crippen LogP contribution in [0, 0.1) is 0 Å². The van der Waals surface area contributed by atoms with Crippen LogP contribution in [0.3, 0.4) is 0 Å². The maximum Gasteiger partial charge on any atom is 0.256 e. The van der Waals surface area contributed by atoms with Crippen molar-refractivity contribution in [2.45, 2.75) is 62.7 Å². The van der Waals surface area contributed by atoms with E-state index in [1.807, 2.05) is 24.3 Å². The average Bonchev–Trinajstić information content (AvgIpc) is 2.78. The van der Waals surface area contributed by atoms with Crippen LogP contribution in [0.5, 0.6) is 0 Å². The number of nitrogens with one attached hydrogen (secondary N) is 1. The van der Waals surface area contributed by atoms with Crippen molar-refractivity contribution in [3.63, 3.8) is 0 Å². The van der Waals surface area contributed by atoms with Crippen molar-refractivity contribution in [2.24, 2.45) is 0 Å². The molecule has 0 radical (unpaired) electrons. The minimum Gasteiger partial charge on any atom is -0.322 e. The summed E-state index contributed by atoms with van der Waals surface area (Å²) >= 11 is 1.66. The van der Waals surface area contributed by atoms with Crippen molar-refractivity contribution in [1.29, 1.82) is 0 Å². The van der Waals surface area contributed by atoms with Gasteiger partial charge in [0.05, 0.1) is 10.5 Å². The van der Waals surface area contributed by atoms with E-state index in [0.29, 0.717) is 24.3 Å². The summed E-state index contributed by atoms with van der Waals surface area (Å²) in [5.74, 6) is 0.756. The van der Waals surface area contributed by atoms with Gasteiger partial charge in [-0.25, -0.2) is 8.42 Å². The fraction of sp³-hybridized carbons (Fsp3) is 0.458. The number of hydrogen-bond donors (Lipinski definition) is 1. The van der Waals surface area contributed by atoms with Crippen LogP contribution in [-0.4, -0.2) is 37.5 Å². The zero-order valence-electron chi connectivity index (χ0n) is 18.8. The molecule has 0 spiro atoms. The molecule has 0 aliphatic heterocycles. The average molecular weight is 463 g/mol. The summed E-state index contributed by atoms with van der Waals surface area (Å²) in [5.41, 5.74) is 1.20. The van der Waals surface area contributed by atoms with E-state index in [9.17, 15) is 13.2 Å². The van der Waals surface area contributed by atoms with Crippen LogP contribution in [0.2, 0.25) is 0 Å². The van der Waals surface area contributed by atoms with E-state index >= 15 is 0 Å². The summed E-state index contributed by atoms with van der Waals surface area (Å²) in [5, 5.41) is 2.89. The van der Waals surface area contributed by atoms with Crippen LogP contribution < -0.4 is 5.32 Å². The Balaban J connectivity index is 2.15. The first kappa shape index (κ1) is 25.4. The lowest BCUT2D eigenvalue weighted by molar-refractivity contribution is 0.102. The van der Waals surface area contributed by atoms with E-state index in [1.54, 1.807) is 40.3 Å². The quantitative estimate of drug-likeness (QED) is 0.369. The smallest absolute Gasteiger partial charge is 0.256 e. The Morgan fingerprint density at radius 3 is 2.10 bits per heavy atom. The lowest BCUT2D eigenvalue weighted by atomic mass is 10.2. The highest BCUT2D eigenvalue weighted by molar-refractivity contribution is 7.99. The molecule has 170 valence electrons. The molecule has 0 aliphatic carbocycles. The summed E-state index contributed by atoms with van der Waals surface area (Å²) < 4.78 is 27.7. The van der Waals surface area contributed by atoms with Crippen molar-refractivity contribution in [1.82, 2.24) is 4.31 Å². The number of nitrogens with zero attached hydrogens (tertiary/aromatic N) is 1. The van der Waals surface area contributed by atoms with Crippen LogP contribution in [0.1, 0.15) is 63.2 Å². The van der Waals surface area contributed by atoms with Gasteiger partial charge in [-0.2, -0.15) is 4.31 Å². The Morgan fingerprint density at radius 2 is 1.52 bits per heavy atom. The molecule has 7 heteroatoms. The molecule has 0 saturated carbocycles. The van der Waals surface area contributed by atoms with Gasteiger partial charge in [-0.3, -0.25) is 4.79 Å². The number of carbonyl (C=O) groups is 1. The maximum atomic E-state index is 13.1. The number of carbonyl (C=O) groups excluding carboxylic acids is 1. The number of rotatable bonds is 13. The maximum absolute atomic E-state index is 13.1. The van der Waals surface area contributed by atoms with Gasteiger partial charge in [0.1, 0.15) is 0 Å². The molecular weight excluding hydrogens is 428 g/mol. The minimum atomic E-state index is -3.54. The summed E-state index contributed by atoms with van der Waals surface area (Å²) in [4.78, 5) is 14.0. The Kier molecular flexibility index (Phi) is 10.6. The Bertz CT molecular complexity index is 920. The van der Waals surface area contributed by atoms with Gasteiger partial charge < -0.3 is 5.32 Å². The number of benzene rings is 2. The molecule has 0 fully saturated rings. The van der Waals surface area contributed by atoms with E-state index in [0.717, 1.165) is 42.8 Å². The number of amides is 1. The van der Waals surface area contributed by atoms with Gasteiger partial charge in [-0.15, -0.1) is 11.8 Å². The number of thioether (sulfide) groups is 1.